The predicted octanol–water partition coefficient (Wildman–Crippen LogP) is 11.6. The zero-order chi connectivity index (χ0) is 33.3. The third kappa shape index (κ3) is 3.95. The molecule has 9 aromatic rings. The molecule has 5 nitrogen and oxygen atoms in total. The minimum atomic E-state index is 0.621. The fourth-order valence-corrected chi connectivity index (χ4v) is 7.93. The second-order valence-corrected chi connectivity index (χ2v) is 12.7. The fraction of sp³-hybridized carbons (Fsp3) is 0.0222. The van der Waals surface area contributed by atoms with Gasteiger partial charge in [-0.1, -0.05) is 110 Å². The second-order valence-electron chi connectivity index (χ2n) is 12.7. The number of fused-ring (bicyclic) bond motifs is 4. The van der Waals surface area contributed by atoms with E-state index in [9.17, 15) is 0 Å². The van der Waals surface area contributed by atoms with Gasteiger partial charge in [0.1, 0.15) is 0 Å². The van der Waals surface area contributed by atoms with Gasteiger partial charge in [0.15, 0.2) is 0 Å². The van der Waals surface area contributed by atoms with Gasteiger partial charge in [-0.05, 0) is 67.1 Å². The summed E-state index contributed by atoms with van der Waals surface area (Å²) < 4.78 is 4.63. The lowest BCUT2D eigenvalue weighted by atomic mass is 9.96. The smallest absolute Gasteiger partial charge is 0.235 e. The van der Waals surface area contributed by atoms with E-state index in [0.717, 1.165) is 78.3 Å². The standard InChI is InChI=1S/C45H31N5/c1-3-32-34-22-11-14-26-38(34)50(44(32)43-29(2)33-21-10-13-25-37(33)49(43)31-19-8-5-9-20-31)45-46-36-24-16-28-40-41(36)42(47-45)35-23-12-15-27-39(35)48(40)30-17-6-4-7-18-30/h3-28H,1H2,2H3. The molecule has 4 heterocycles. The predicted molar refractivity (Wildman–Crippen MR) is 207 cm³/mol. The molecule has 0 spiro atoms. The quantitative estimate of drug-likeness (QED) is 0.188. The van der Waals surface area contributed by atoms with E-state index in [0.29, 0.717) is 5.95 Å². The van der Waals surface area contributed by atoms with Gasteiger partial charge in [0, 0.05) is 33.3 Å². The Kier molecular flexibility index (Phi) is 6.17. The third-order valence-electron chi connectivity index (χ3n) is 10.0. The minimum absolute atomic E-state index is 0.621. The van der Waals surface area contributed by atoms with Crippen LogP contribution in [0.4, 0.5) is 17.1 Å². The van der Waals surface area contributed by atoms with Crippen molar-refractivity contribution < 1.29 is 0 Å². The van der Waals surface area contributed by atoms with E-state index in [4.69, 9.17) is 9.97 Å². The Morgan fingerprint density at radius 3 is 1.92 bits per heavy atom. The van der Waals surface area contributed by atoms with Crippen molar-refractivity contribution in [2.24, 2.45) is 0 Å². The van der Waals surface area contributed by atoms with Gasteiger partial charge in [0.25, 0.3) is 0 Å². The number of aryl methyl sites for hydroxylation is 1. The van der Waals surface area contributed by atoms with Crippen LogP contribution in [0.15, 0.2) is 158 Å². The number of nitrogens with zero attached hydrogens (tertiary/aromatic N) is 5. The number of anilines is 3. The van der Waals surface area contributed by atoms with Crippen LogP contribution in [-0.2, 0) is 0 Å². The molecule has 10 rings (SSSR count). The maximum absolute atomic E-state index is 5.52. The SMILES string of the molecule is C=Cc1c(-c2c(C)c3ccccc3n2-c2ccccc2)n(-c2nc3c4c(cccc4n2)N(c2ccccc2)c2ccccc2-3)c2ccccc12. The number of aromatic nitrogens is 4. The molecule has 0 unspecified atom stereocenters. The summed E-state index contributed by atoms with van der Waals surface area (Å²) >= 11 is 0. The van der Waals surface area contributed by atoms with E-state index >= 15 is 0 Å². The number of benzene rings is 6. The molecule has 50 heavy (non-hydrogen) atoms. The first-order chi connectivity index (χ1) is 24.7. The Labute approximate surface area is 289 Å². The average Bonchev–Trinajstić information content (AvgIpc) is 3.66. The monoisotopic (exact) mass is 641 g/mol. The van der Waals surface area contributed by atoms with E-state index in [1.54, 1.807) is 0 Å². The van der Waals surface area contributed by atoms with Crippen molar-refractivity contribution in [3.05, 3.63) is 169 Å². The molecule has 0 amide bonds. The molecule has 236 valence electrons. The zero-order valence-electron chi connectivity index (χ0n) is 27.5. The van der Waals surface area contributed by atoms with Gasteiger partial charge < -0.3 is 9.47 Å². The van der Waals surface area contributed by atoms with Crippen molar-refractivity contribution in [1.29, 1.82) is 0 Å². The van der Waals surface area contributed by atoms with E-state index in [1.807, 2.05) is 6.08 Å². The van der Waals surface area contributed by atoms with Crippen molar-refractivity contribution >= 4 is 55.8 Å². The van der Waals surface area contributed by atoms with Crippen LogP contribution in [0.2, 0.25) is 0 Å². The highest BCUT2D eigenvalue weighted by molar-refractivity contribution is 6.12. The van der Waals surface area contributed by atoms with Crippen LogP contribution in [0.25, 0.3) is 73.1 Å². The third-order valence-corrected chi connectivity index (χ3v) is 10.0. The molecule has 0 saturated heterocycles. The number of para-hydroxylation sites is 5. The summed E-state index contributed by atoms with van der Waals surface area (Å²) in [7, 11) is 0. The van der Waals surface area contributed by atoms with E-state index in [-0.39, 0.29) is 0 Å². The normalized spacial score (nSPS) is 12.1. The summed E-state index contributed by atoms with van der Waals surface area (Å²) in [5.41, 5.74) is 13.7. The fourth-order valence-electron chi connectivity index (χ4n) is 7.93. The molecule has 5 heteroatoms. The lowest BCUT2D eigenvalue weighted by Gasteiger charge is -2.32. The Morgan fingerprint density at radius 2 is 1.16 bits per heavy atom. The lowest BCUT2D eigenvalue weighted by molar-refractivity contribution is 0.972. The van der Waals surface area contributed by atoms with E-state index in [2.05, 4.69) is 179 Å². The summed E-state index contributed by atoms with van der Waals surface area (Å²) in [6, 6.07) is 53.2. The van der Waals surface area contributed by atoms with Crippen LogP contribution in [0, 0.1) is 6.92 Å². The molecule has 0 fully saturated rings. The van der Waals surface area contributed by atoms with Gasteiger partial charge in [-0.25, -0.2) is 9.97 Å². The number of rotatable bonds is 5. The summed E-state index contributed by atoms with van der Waals surface area (Å²) in [4.78, 5) is 13.2. The molecule has 0 N–H and O–H groups in total. The number of hydrogen-bond donors (Lipinski definition) is 0. The van der Waals surface area contributed by atoms with Crippen LogP contribution >= 0.6 is 0 Å². The van der Waals surface area contributed by atoms with Crippen LogP contribution in [0.1, 0.15) is 11.1 Å². The Hall–Kier alpha value is -6.72. The zero-order valence-corrected chi connectivity index (χ0v) is 27.5. The molecule has 3 aromatic heterocycles. The first kappa shape index (κ1) is 28.3. The molecule has 6 aromatic carbocycles. The second kappa shape index (κ2) is 10.9. The highest BCUT2D eigenvalue weighted by Gasteiger charge is 2.30. The molecular formula is C45H31N5. The largest absolute Gasteiger partial charge is 0.309 e. The van der Waals surface area contributed by atoms with Crippen LogP contribution in [0.5, 0.6) is 0 Å². The molecule has 1 aliphatic heterocycles. The molecule has 0 saturated carbocycles. The Balaban J connectivity index is 1.34. The van der Waals surface area contributed by atoms with Crippen molar-refractivity contribution in [3.8, 4) is 34.3 Å². The van der Waals surface area contributed by atoms with Crippen molar-refractivity contribution in [3.63, 3.8) is 0 Å². The molecule has 0 radical (unpaired) electrons. The summed E-state index contributed by atoms with van der Waals surface area (Å²) in [5.74, 6) is 0.621. The van der Waals surface area contributed by atoms with Gasteiger partial charge in [0.2, 0.25) is 5.95 Å². The summed E-state index contributed by atoms with van der Waals surface area (Å²) in [6.07, 6.45) is 1.98. The Bertz CT molecular complexity index is 2790. The van der Waals surface area contributed by atoms with Crippen molar-refractivity contribution in [1.82, 2.24) is 19.1 Å². The van der Waals surface area contributed by atoms with Gasteiger partial charge in [-0.2, -0.15) is 0 Å². The topological polar surface area (TPSA) is 38.9 Å². The summed E-state index contributed by atoms with van der Waals surface area (Å²) in [6.45, 7) is 6.58. The highest BCUT2D eigenvalue weighted by atomic mass is 15.2. The highest BCUT2D eigenvalue weighted by Crippen LogP contribution is 2.50. The first-order valence-corrected chi connectivity index (χ1v) is 16.9. The maximum Gasteiger partial charge on any atom is 0.235 e. The van der Waals surface area contributed by atoms with E-state index in [1.165, 1.54) is 10.9 Å². The molecule has 1 aliphatic rings. The molecular weight excluding hydrogens is 611 g/mol. The maximum atomic E-state index is 5.52. The molecule has 0 aliphatic carbocycles. The van der Waals surface area contributed by atoms with E-state index < -0.39 is 0 Å². The van der Waals surface area contributed by atoms with Crippen molar-refractivity contribution in [2.75, 3.05) is 4.90 Å². The molecule has 0 bridgehead atoms. The lowest BCUT2D eigenvalue weighted by Crippen LogP contribution is -2.17. The van der Waals surface area contributed by atoms with Crippen molar-refractivity contribution in [2.45, 2.75) is 6.92 Å². The van der Waals surface area contributed by atoms with Gasteiger partial charge >= 0.3 is 0 Å². The molecule has 0 atom stereocenters. The first-order valence-electron chi connectivity index (χ1n) is 16.9. The van der Waals surface area contributed by atoms with Crippen LogP contribution in [0.3, 0.4) is 0 Å². The van der Waals surface area contributed by atoms with Crippen LogP contribution < -0.4 is 4.90 Å². The Morgan fingerprint density at radius 1 is 0.540 bits per heavy atom. The number of hydrogen-bond acceptors (Lipinski definition) is 3. The average molecular weight is 642 g/mol. The van der Waals surface area contributed by atoms with Gasteiger partial charge in [0.05, 0.1) is 50.4 Å². The minimum Gasteiger partial charge on any atom is -0.309 e. The van der Waals surface area contributed by atoms with Crippen LogP contribution in [-0.4, -0.2) is 19.1 Å². The van der Waals surface area contributed by atoms with Gasteiger partial charge in [-0.15, -0.1) is 0 Å². The van der Waals surface area contributed by atoms with Gasteiger partial charge in [-0.3, -0.25) is 4.57 Å². The summed E-state index contributed by atoms with van der Waals surface area (Å²) in [5, 5.41) is 3.34.